The van der Waals surface area contributed by atoms with Crippen LogP contribution in [0.25, 0.3) is 22.0 Å². The predicted molar refractivity (Wildman–Crippen MR) is 173 cm³/mol. The summed E-state index contributed by atoms with van der Waals surface area (Å²) in [6, 6.07) is 10.1. The number of hydrogen-bond donors (Lipinski definition) is 4. The van der Waals surface area contributed by atoms with Crippen molar-refractivity contribution in [1.29, 1.82) is 0 Å². The molecule has 3 aromatic carbocycles. The number of fused-ring (bicyclic) bond motifs is 3. The Bertz CT molecular complexity index is 1860. The number of nitrogens with one attached hydrogen (secondary N) is 2. The lowest BCUT2D eigenvalue weighted by Crippen LogP contribution is -2.34. The number of methoxy groups -OCH3 is 1. The van der Waals surface area contributed by atoms with E-state index in [0.717, 1.165) is 28.3 Å². The molecule has 0 radical (unpaired) electrons. The summed E-state index contributed by atoms with van der Waals surface area (Å²) < 4.78 is 36.1. The third kappa shape index (κ3) is 5.82. The van der Waals surface area contributed by atoms with Gasteiger partial charge in [-0.3, -0.25) is 14.5 Å². The molecule has 1 atom stereocenters. The zero-order chi connectivity index (χ0) is 33.5. The minimum absolute atomic E-state index is 0.0217. The van der Waals surface area contributed by atoms with Gasteiger partial charge in [-0.15, -0.1) is 0 Å². The van der Waals surface area contributed by atoms with Crippen LogP contribution in [0.1, 0.15) is 71.1 Å². The SMILES string of the molecule is CCCN(C(=O)OC)c1c(F)cccc1C(=O)Nc1cccc(-c2c(F)cc(C(N)=O)c3[nH]c4c(c23)CC[C@H](C(C)(C)O)C4)c1C. The van der Waals surface area contributed by atoms with Gasteiger partial charge in [0, 0.05) is 28.9 Å². The summed E-state index contributed by atoms with van der Waals surface area (Å²) in [6.07, 6.45) is 1.41. The summed E-state index contributed by atoms with van der Waals surface area (Å²) >= 11 is 0. The largest absolute Gasteiger partial charge is 0.452 e. The first-order valence-electron chi connectivity index (χ1n) is 15.2. The fourth-order valence-corrected chi connectivity index (χ4v) is 6.47. The molecule has 46 heavy (non-hydrogen) atoms. The molecule has 1 aromatic heterocycles. The van der Waals surface area contributed by atoms with Gasteiger partial charge >= 0.3 is 6.09 Å². The predicted octanol–water partition coefficient (Wildman–Crippen LogP) is 6.63. The molecule has 1 heterocycles. The Hall–Kier alpha value is -4.77. The lowest BCUT2D eigenvalue weighted by molar-refractivity contribution is 0.0107. The highest BCUT2D eigenvalue weighted by molar-refractivity contribution is 6.13. The van der Waals surface area contributed by atoms with Gasteiger partial charge in [0.15, 0.2) is 0 Å². The number of halogens is 2. The van der Waals surface area contributed by atoms with Crippen LogP contribution in [-0.2, 0) is 17.6 Å². The summed E-state index contributed by atoms with van der Waals surface area (Å²) in [5, 5.41) is 14.0. The number of nitrogens with zero attached hydrogens (tertiary/aromatic N) is 1. The smallest absolute Gasteiger partial charge is 0.414 e. The van der Waals surface area contributed by atoms with Crippen LogP contribution in [-0.4, -0.2) is 47.3 Å². The van der Waals surface area contributed by atoms with Crippen molar-refractivity contribution in [2.24, 2.45) is 11.7 Å². The molecular weight excluding hydrogens is 594 g/mol. The molecule has 5 rings (SSSR count). The summed E-state index contributed by atoms with van der Waals surface area (Å²) in [5.74, 6) is -2.91. The number of aromatic amines is 1. The minimum Gasteiger partial charge on any atom is -0.452 e. The number of aromatic nitrogens is 1. The molecule has 0 saturated heterocycles. The average molecular weight is 633 g/mol. The van der Waals surface area contributed by atoms with Crippen LogP contribution in [0.5, 0.6) is 0 Å². The number of primary amides is 1. The molecule has 1 aliphatic rings. The van der Waals surface area contributed by atoms with Gasteiger partial charge in [-0.1, -0.05) is 25.1 Å². The molecule has 9 nitrogen and oxygen atoms in total. The monoisotopic (exact) mass is 632 g/mol. The number of benzene rings is 3. The van der Waals surface area contributed by atoms with Crippen LogP contribution in [0.15, 0.2) is 42.5 Å². The van der Waals surface area contributed by atoms with E-state index in [0.29, 0.717) is 53.4 Å². The number of H-pyrrole nitrogens is 1. The molecule has 5 N–H and O–H groups in total. The van der Waals surface area contributed by atoms with Gasteiger partial charge < -0.3 is 25.9 Å². The number of aliphatic hydroxyl groups is 1. The van der Waals surface area contributed by atoms with E-state index in [9.17, 15) is 19.5 Å². The molecule has 1 aliphatic carbocycles. The second kappa shape index (κ2) is 12.6. The maximum Gasteiger partial charge on any atom is 0.414 e. The molecule has 3 amide bonds. The number of carbonyl (C=O) groups excluding carboxylic acids is 3. The number of nitrogens with two attached hydrogens (primary N) is 1. The van der Waals surface area contributed by atoms with Crippen LogP contribution in [0.4, 0.5) is 25.0 Å². The van der Waals surface area contributed by atoms with Gasteiger partial charge in [-0.25, -0.2) is 13.6 Å². The normalized spacial score (nSPS) is 14.6. The molecule has 0 spiro atoms. The molecular formula is C35H38F2N4O5. The second-order valence-corrected chi connectivity index (χ2v) is 12.3. The zero-order valence-electron chi connectivity index (χ0n) is 26.5. The van der Waals surface area contributed by atoms with Crippen LogP contribution < -0.4 is 16.0 Å². The summed E-state index contributed by atoms with van der Waals surface area (Å²) in [7, 11) is 1.18. The fraction of sp³-hybridized carbons (Fsp3) is 0.343. The Kier molecular flexibility index (Phi) is 8.90. The summed E-state index contributed by atoms with van der Waals surface area (Å²) in [4.78, 5) is 43.0. The van der Waals surface area contributed by atoms with Crippen molar-refractivity contribution >= 4 is 40.2 Å². The lowest BCUT2D eigenvalue weighted by Gasteiger charge is -2.32. The Morgan fingerprint density at radius 3 is 2.50 bits per heavy atom. The van der Waals surface area contributed by atoms with Gasteiger partial charge in [0.05, 0.1) is 35.0 Å². The Labute approximate surface area is 265 Å². The maximum absolute atomic E-state index is 16.1. The third-order valence-corrected chi connectivity index (χ3v) is 8.87. The van der Waals surface area contributed by atoms with Gasteiger partial charge in [0.2, 0.25) is 0 Å². The Morgan fingerprint density at radius 2 is 1.85 bits per heavy atom. The van der Waals surface area contributed by atoms with Gasteiger partial charge in [0.25, 0.3) is 11.8 Å². The van der Waals surface area contributed by atoms with E-state index in [4.69, 9.17) is 10.5 Å². The van der Waals surface area contributed by atoms with E-state index in [1.54, 1.807) is 39.0 Å². The van der Waals surface area contributed by atoms with Crippen LogP contribution in [0.3, 0.4) is 0 Å². The number of amides is 3. The number of carbonyl (C=O) groups is 3. The second-order valence-electron chi connectivity index (χ2n) is 12.3. The third-order valence-electron chi connectivity index (χ3n) is 8.87. The molecule has 0 saturated carbocycles. The number of ether oxygens (including phenoxy) is 1. The zero-order valence-corrected chi connectivity index (χ0v) is 26.5. The first-order valence-corrected chi connectivity index (χ1v) is 15.2. The van der Waals surface area contributed by atoms with Crippen molar-refractivity contribution < 1.29 is 33.0 Å². The topological polar surface area (TPSA) is 138 Å². The highest BCUT2D eigenvalue weighted by Crippen LogP contribution is 2.43. The molecule has 0 aliphatic heterocycles. The molecule has 4 aromatic rings. The van der Waals surface area contributed by atoms with Crippen molar-refractivity contribution in [3.8, 4) is 11.1 Å². The first kappa shape index (κ1) is 32.6. The van der Waals surface area contributed by atoms with Crippen LogP contribution in [0, 0.1) is 24.5 Å². The summed E-state index contributed by atoms with van der Waals surface area (Å²) in [5.41, 5.74) is 8.16. The van der Waals surface area contributed by atoms with E-state index in [1.165, 1.54) is 19.2 Å². The standard InChI is InChI=1S/C35H38F2N4O5/c1-6-15-41(34(44)46-5)31-22(10-7-11-24(31)36)33(43)40-26-12-8-9-20(18(26)2)28-25(37)17-23(32(38)42)30-29(28)21-14-13-19(35(3,4)45)16-27(21)39-30/h7-12,17,19,39,45H,6,13-16H2,1-5H3,(H2,38,42)(H,40,43)/t19-/m0/s1. The fourth-order valence-electron chi connectivity index (χ4n) is 6.47. The van der Waals surface area contributed by atoms with E-state index in [1.807, 2.05) is 6.92 Å². The van der Waals surface area contributed by atoms with Gasteiger partial charge in [-0.05, 0) is 93.3 Å². The molecule has 0 unspecified atom stereocenters. The highest BCUT2D eigenvalue weighted by Gasteiger charge is 2.34. The number of anilines is 2. The number of rotatable bonds is 8. The highest BCUT2D eigenvalue weighted by atomic mass is 19.1. The minimum atomic E-state index is -0.926. The van der Waals surface area contributed by atoms with E-state index < -0.39 is 35.1 Å². The number of aryl methyl sites for hydroxylation is 1. The van der Waals surface area contributed by atoms with E-state index in [2.05, 4.69) is 10.3 Å². The van der Waals surface area contributed by atoms with Gasteiger partial charge in [0.1, 0.15) is 11.6 Å². The van der Waals surface area contributed by atoms with Gasteiger partial charge in [-0.2, -0.15) is 0 Å². The maximum atomic E-state index is 16.1. The Morgan fingerprint density at radius 1 is 1.13 bits per heavy atom. The molecule has 242 valence electrons. The first-order chi connectivity index (χ1) is 21.8. The van der Waals surface area contributed by atoms with Crippen LogP contribution in [0.2, 0.25) is 0 Å². The van der Waals surface area contributed by atoms with Crippen molar-refractivity contribution in [1.82, 2.24) is 4.98 Å². The van der Waals surface area contributed by atoms with Crippen molar-refractivity contribution in [2.45, 2.75) is 59.0 Å². The molecule has 0 bridgehead atoms. The van der Waals surface area contributed by atoms with Crippen molar-refractivity contribution in [2.75, 3.05) is 23.9 Å². The van der Waals surface area contributed by atoms with Crippen LogP contribution >= 0.6 is 0 Å². The van der Waals surface area contributed by atoms with Crippen molar-refractivity contribution in [3.63, 3.8) is 0 Å². The van der Waals surface area contributed by atoms with Crippen molar-refractivity contribution in [3.05, 3.63) is 82.0 Å². The average Bonchev–Trinajstić information content (AvgIpc) is 3.38. The summed E-state index contributed by atoms with van der Waals surface area (Å²) in [6.45, 7) is 7.18. The number of para-hydroxylation sites is 1. The lowest BCUT2D eigenvalue weighted by atomic mass is 9.77. The van der Waals surface area contributed by atoms with E-state index >= 15 is 8.78 Å². The number of hydrogen-bond acceptors (Lipinski definition) is 5. The molecule has 11 heteroatoms. The molecule has 0 fully saturated rings. The quantitative estimate of drug-likeness (QED) is 0.173. The Balaban J connectivity index is 1.62. The van der Waals surface area contributed by atoms with E-state index in [-0.39, 0.29) is 34.8 Å².